The molecule has 3 aliphatic heterocycles. The monoisotopic (exact) mass is 655 g/mol. The third-order valence-electron chi connectivity index (χ3n) is 9.99. The second-order valence-corrected chi connectivity index (χ2v) is 13.4. The highest BCUT2D eigenvalue weighted by Gasteiger charge is 2.34. The van der Waals surface area contributed by atoms with Gasteiger partial charge < -0.3 is 39.5 Å². The number of hydrogen-bond donors (Lipinski definition) is 3. The van der Waals surface area contributed by atoms with E-state index >= 15 is 0 Å². The van der Waals surface area contributed by atoms with Crippen molar-refractivity contribution in [2.75, 3.05) is 74.1 Å². The first kappa shape index (κ1) is 32.1. The molecule has 3 N–H and O–H groups in total. The van der Waals surface area contributed by atoms with Crippen molar-refractivity contribution in [2.45, 2.75) is 51.0 Å². The molecule has 0 aliphatic carbocycles. The van der Waals surface area contributed by atoms with Crippen LogP contribution in [0.15, 0.2) is 53.3 Å². The SMILES string of the molecule is CC(C)C(CO)c1cc(OCCCN2CCC(c3cnc(N4CCN5c6cc(-c7ccccc7O)nnc6NC[C@H]5C4)nc3)CC2)no1. The molecular weight excluding hydrogens is 610 g/mol. The lowest BCUT2D eigenvalue weighted by molar-refractivity contribution is 0.187. The highest BCUT2D eigenvalue weighted by Crippen LogP contribution is 2.36. The lowest BCUT2D eigenvalue weighted by Gasteiger charge is -2.45. The van der Waals surface area contributed by atoms with Gasteiger partial charge in [-0.25, -0.2) is 9.97 Å². The standard InChI is InChI=1S/C35H45N9O4/c1-23(2)28(22-45)32-17-33(41-48-32)47-15-5-10-42-11-8-24(9-12-42)25-18-37-35(38-19-25)43-13-14-44-26(21-43)20-36-34-30(44)16-29(39-40-34)27-6-3-4-7-31(27)46/h3-4,6-7,16-19,23-24,26,28,45-46H,5,8-15,20-22H2,1-2H3,(H,36,40)/t26-,28?/m0/s1. The number of hydrogen-bond acceptors (Lipinski definition) is 13. The van der Waals surface area contributed by atoms with E-state index in [0.29, 0.717) is 35.4 Å². The van der Waals surface area contributed by atoms with Crippen LogP contribution in [0.5, 0.6) is 11.6 Å². The van der Waals surface area contributed by atoms with Crippen molar-refractivity contribution in [1.29, 1.82) is 0 Å². The zero-order chi connectivity index (χ0) is 33.0. The predicted molar refractivity (Wildman–Crippen MR) is 183 cm³/mol. The number of aliphatic hydroxyl groups is 1. The summed E-state index contributed by atoms with van der Waals surface area (Å²) in [6.45, 7) is 11.0. The lowest BCUT2D eigenvalue weighted by atomic mass is 9.91. The number of nitrogens with zero attached hydrogens (tertiary/aromatic N) is 8. The number of piperidine rings is 1. The third kappa shape index (κ3) is 6.88. The van der Waals surface area contributed by atoms with Gasteiger partial charge in [-0.3, -0.25) is 0 Å². The summed E-state index contributed by atoms with van der Waals surface area (Å²) in [6, 6.07) is 11.3. The quantitative estimate of drug-likeness (QED) is 0.199. The molecule has 2 atom stereocenters. The highest BCUT2D eigenvalue weighted by molar-refractivity contribution is 5.76. The van der Waals surface area contributed by atoms with Crippen LogP contribution in [0.3, 0.4) is 0 Å². The summed E-state index contributed by atoms with van der Waals surface area (Å²) in [5, 5.41) is 36.2. The molecule has 1 aromatic carbocycles. The Hall–Kier alpha value is -4.49. The Morgan fingerprint density at radius 1 is 1.04 bits per heavy atom. The maximum atomic E-state index is 10.3. The molecule has 13 heteroatoms. The molecule has 4 aromatic rings. The van der Waals surface area contributed by atoms with E-state index < -0.39 is 0 Å². The van der Waals surface area contributed by atoms with Gasteiger partial charge in [-0.1, -0.05) is 26.0 Å². The molecule has 2 saturated heterocycles. The van der Waals surface area contributed by atoms with E-state index in [1.807, 2.05) is 30.6 Å². The van der Waals surface area contributed by atoms with Gasteiger partial charge in [0.2, 0.25) is 5.95 Å². The Balaban J connectivity index is 0.871. The molecule has 0 spiro atoms. The molecule has 13 nitrogen and oxygen atoms in total. The van der Waals surface area contributed by atoms with Gasteiger partial charge in [0, 0.05) is 62.7 Å². The topological polar surface area (TPSA) is 149 Å². The molecular formula is C35H45N9O4. The maximum absolute atomic E-state index is 10.3. The normalized spacial score (nSPS) is 19.1. The van der Waals surface area contributed by atoms with Crippen LogP contribution in [-0.2, 0) is 0 Å². The molecule has 0 radical (unpaired) electrons. The Morgan fingerprint density at radius 3 is 2.62 bits per heavy atom. The lowest BCUT2D eigenvalue weighted by Crippen LogP contribution is -2.58. The average molecular weight is 656 g/mol. The van der Waals surface area contributed by atoms with Crippen molar-refractivity contribution >= 4 is 17.5 Å². The van der Waals surface area contributed by atoms with Crippen molar-refractivity contribution < 1.29 is 19.5 Å². The molecule has 6 heterocycles. The first-order valence-electron chi connectivity index (χ1n) is 17.1. The zero-order valence-corrected chi connectivity index (χ0v) is 27.7. The Morgan fingerprint density at radius 2 is 1.85 bits per heavy atom. The number of anilines is 3. The van der Waals surface area contributed by atoms with Crippen LogP contribution in [0.2, 0.25) is 0 Å². The van der Waals surface area contributed by atoms with Gasteiger partial charge in [-0.2, -0.15) is 0 Å². The van der Waals surface area contributed by atoms with Gasteiger partial charge in [0.1, 0.15) is 11.5 Å². The molecule has 254 valence electrons. The number of aromatic hydroxyl groups is 1. The number of fused-ring (bicyclic) bond motifs is 3. The average Bonchev–Trinajstić information content (AvgIpc) is 3.58. The molecule has 0 saturated carbocycles. The first-order valence-corrected chi connectivity index (χ1v) is 17.1. The van der Waals surface area contributed by atoms with Crippen molar-refractivity contribution in [2.24, 2.45) is 5.92 Å². The smallest absolute Gasteiger partial charge is 0.254 e. The summed E-state index contributed by atoms with van der Waals surface area (Å²) in [7, 11) is 0. The van der Waals surface area contributed by atoms with Crippen molar-refractivity contribution in [3.8, 4) is 22.9 Å². The van der Waals surface area contributed by atoms with E-state index in [2.05, 4.69) is 49.2 Å². The van der Waals surface area contributed by atoms with Crippen molar-refractivity contribution in [1.82, 2.24) is 30.2 Å². The summed E-state index contributed by atoms with van der Waals surface area (Å²) >= 11 is 0. The first-order chi connectivity index (χ1) is 23.5. The number of para-hydroxylation sites is 1. The van der Waals surface area contributed by atoms with Crippen LogP contribution in [0.1, 0.15) is 56.3 Å². The minimum absolute atomic E-state index is 0.0334. The second kappa shape index (κ2) is 14.3. The fourth-order valence-electron chi connectivity index (χ4n) is 7.10. The number of likely N-dealkylation sites (tertiary alicyclic amines) is 1. The van der Waals surface area contributed by atoms with Crippen LogP contribution >= 0.6 is 0 Å². The summed E-state index contributed by atoms with van der Waals surface area (Å²) in [4.78, 5) is 16.8. The number of rotatable bonds is 11. The molecule has 7 rings (SSSR count). The van der Waals surface area contributed by atoms with Crippen LogP contribution < -0.4 is 19.9 Å². The molecule has 0 amide bonds. The number of phenolic OH excluding ortho intramolecular Hbond substituents is 1. The van der Waals surface area contributed by atoms with Gasteiger partial charge in [0.25, 0.3) is 5.88 Å². The molecule has 0 bridgehead atoms. The van der Waals surface area contributed by atoms with E-state index in [9.17, 15) is 10.2 Å². The summed E-state index contributed by atoms with van der Waals surface area (Å²) < 4.78 is 11.2. The summed E-state index contributed by atoms with van der Waals surface area (Å²) in [5.41, 5.74) is 3.56. The number of aliphatic hydroxyl groups excluding tert-OH is 1. The second-order valence-electron chi connectivity index (χ2n) is 13.4. The number of aromatic nitrogens is 5. The van der Waals surface area contributed by atoms with E-state index in [0.717, 1.165) is 82.5 Å². The molecule has 2 fully saturated rings. The largest absolute Gasteiger partial charge is 0.507 e. The fraction of sp³-hybridized carbons (Fsp3) is 0.514. The van der Waals surface area contributed by atoms with Crippen LogP contribution in [-0.4, -0.2) is 106 Å². The van der Waals surface area contributed by atoms with Gasteiger partial charge >= 0.3 is 0 Å². The zero-order valence-electron chi connectivity index (χ0n) is 27.7. The van der Waals surface area contributed by atoms with E-state index in [1.54, 1.807) is 18.2 Å². The van der Waals surface area contributed by atoms with E-state index in [4.69, 9.17) is 19.2 Å². The van der Waals surface area contributed by atoms with Crippen LogP contribution in [0.25, 0.3) is 11.3 Å². The van der Waals surface area contributed by atoms with Crippen LogP contribution in [0.4, 0.5) is 17.5 Å². The third-order valence-corrected chi connectivity index (χ3v) is 9.99. The summed E-state index contributed by atoms with van der Waals surface area (Å²) in [6.07, 6.45) is 7.15. The van der Waals surface area contributed by atoms with E-state index in [-0.39, 0.29) is 30.2 Å². The summed E-state index contributed by atoms with van der Waals surface area (Å²) in [5.74, 6) is 3.58. The number of phenols is 1. The minimum Gasteiger partial charge on any atom is -0.507 e. The highest BCUT2D eigenvalue weighted by atomic mass is 16.5. The van der Waals surface area contributed by atoms with Crippen LogP contribution in [0, 0.1) is 5.92 Å². The van der Waals surface area contributed by atoms with E-state index in [1.165, 1.54) is 5.56 Å². The molecule has 48 heavy (non-hydrogen) atoms. The Bertz CT molecular complexity index is 1660. The predicted octanol–water partition coefficient (Wildman–Crippen LogP) is 4.13. The number of nitrogens with one attached hydrogen (secondary N) is 1. The Kier molecular flexibility index (Phi) is 9.57. The molecule has 3 aromatic heterocycles. The molecule has 1 unspecified atom stereocenters. The number of ether oxygens (including phenoxy) is 1. The maximum Gasteiger partial charge on any atom is 0.254 e. The van der Waals surface area contributed by atoms with Gasteiger partial charge in [0.05, 0.1) is 30.6 Å². The number of piperazine rings is 1. The molecule has 3 aliphatic rings. The minimum atomic E-state index is -0.0647. The van der Waals surface area contributed by atoms with Crippen molar-refractivity contribution in [3.63, 3.8) is 0 Å². The van der Waals surface area contributed by atoms with Gasteiger partial charge in [0.15, 0.2) is 5.82 Å². The number of benzene rings is 1. The fourth-order valence-corrected chi connectivity index (χ4v) is 7.10. The van der Waals surface area contributed by atoms with Gasteiger partial charge in [-0.05, 0) is 73.1 Å². The van der Waals surface area contributed by atoms with Crippen molar-refractivity contribution in [3.05, 3.63) is 60.1 Å². The van der Waals surface area contributed by atoms with Gasteiger partial charge in [-0.15, -0.1) is 10.2 Å². The Labute approximate surface area is 280 Å².